The van der Waals surface area contributed by atoms with Crippen molar-refractivity contribution < 1.29 is 26.9 Å². The number of hydrogen-bond donors (Lipinski definition) is 1. The van der Waals surface area contributed by atoms with Crippen molar-refractivity contribution >= 4 is 45.4 Å². The van der Waals surface area contributed by atoms with Gasteiger partial charge in [-0.3, -0.25) is 15.7 Å². The number of benzene rings is 2. The smallest absolute Gasteiger partial charge is 0.590 e. The molecular weight excluding hydrogens is 450 g/mol. The quantitative estimate of drug-likeness (QED) is 0.0945. The van der Waals surface area contributed by atoms with Crippen molar-refractivity contribution in [2.24, 2.45) is 10.8 Å². The van der Waals surface area contributed by atoms with E-state index in [1.165, 1.54) is 13.3 Å². The van der Waals surface area contributed by atoms with E-state index in [-0.39, 0.29) is 27.9 Å². The molecule has 4 aromatic rings. The number of hydrogen-bond acceptors (Lipinski definition) is 4. The predicted molar refractivity (Wildman–Crippen MR) is 122 cm³/mol. The summed E-state index contributed by atoms with van der Waals surface area (Å²) >= 11 is 3.75. The van der Waals surface area contributed by atoms with E-state index in [2.05, 4.69) is 57.0 Å². The van der Waals surface area contributed by atoms with Gasteiger partial charge < -0.3 is 20.4 Å². The summed E-state index contributed by atoms with van der Waals surface area (Å²) in [5, 5.41) is 13.7. The van der Waals surface area contributed by atoms with Gasteiger partial charge in [0.2, 0.25) is 5.75 Å². The third kappa shape index (κ3) is 5.71. The molecule has 2 aromatic carbocycles. The number of methoxy groups -OCH3 is 1. The summed E-state index contributed by atoms with van der Waals surface area (Å²) in [6.07, 6.45) is 5.03. The molecule has 2 aromatic heterocycles. The molecule has 155 valence electrons. The van der Waals surface area contributed by atoms with Crippen LogP contribution in [0.5, 0.6) is 11.5 Å². The Kier molecular flexibility index (Phi) is 8.64. The van der Waals surface area contributed by atoms with Crippen molar-refractivity contribution in [2.45, 2.75) is 0 Å². The Morgan fingerprint density at radius 2 is 1.63 bits per heavy atom. The molecule has 0 amide bonds. The number of nitrogens with zero attached hydrogens (tertiary/aromatic N) is 4. The Morgan fingerprint density at radius 3 is 2.17 bits per heavy atom. The molecule has 0 saturated carbocycles. The minimum atomic E-state index is 0. The molecular formula is C21H20CuN5O2S+3. The number of pyridine rings is 2. The van der Waals surface area contributed by atoms with Crippen LogP contribution in [0.25, 0.3) is 27.2 Å². The van der Waals surface area contributed by atoms with E-state index in [4.69, 9.17) is 15.6 Å². The van der Waals surface area contributed by atoms with Gasteiger partial charge in [-0.05, 0) is 24.3 Å². The first-order chi connectivity index (χ1) is 14.1. The molecule has 2 heterocycles. The van der Waals surface area contributed by atoms with Crippen LogP contribution in [0.3, 0.4) is 0 Å². The van der Waals surface area contributed by atoms with Crippen LogP contribution in [-0.4, -0.2) is 33.5 Å². The zero-order valence-corrected chi connectivity index (χ0v) is 17.8. The molecule has 1 radical (unpaired) electrons. The SMILES string of the molecule is COc1cccc(C=N[N-]C(N)=[SH+])c1[OH2+].[Cu+2].c1cnc2c(c1)ccc1cccnc12. The third-order valence-corrected chi connectivity index (χ3v) is 4.07. The average molecular weight is 470 g/mol. The molecule has 4 N–H and O–H groups in total. The van der Waals surface area contributed by atoms with Crippen molar-refractivity contribution in [3.8, 4) is 11.5 Å². The molecule has 0 bridgehead atoms. The first-order valence-electron chi connectivity index (χ1n) is 8.62. The summed E-state index contributed by atoms with van der Waals surface area (Å²) in [5.41, 5.74) is 11.3. The maximum Gasteiger partial charge on any atom is 2.00 e. The van der Waals surface area contributed by atoms with E-state index < -0.39 is 0 Å². The molecule has 0 aliphatic carbocycles. The van der Waals surface area contributed by atoms with Gasteiger partial charge in [-0.2, -0.15) is 0 Å². The second-order valence-corrected chi connectivity index (χ2v) is 6.30. The fraction of sp³-hybridized carbons (Fsp3) is 0.0476. The normalized spacial score (nSPS) is 10.2. The van der Waals surface area contributed by atoms with Gasteiger partial charge in [-0.15, -0.1) is 0 Å². The maximum absolute atomic E-state index is 7.72. The van der Waals surface area contributed by atoms with Crippen LogP contribution >= 0.6 is 0 Å². The van der Waals surface area contributed by atoms with Gasteiger partial charge in [0.05, 0.1) is 23.7 Å². The predicted octanol–water partition coefficient (Wildman–Crippen LogP) is 2.95. The summed E-state index contributed by atoms with van der Waals surface area (Å²) < 4.78 is 4.99. The first-order valence-corrected chi connectivity index (χ1v) is 9.07. The molecule has 4 rings (SSSR count). The first kappa shape index (κ1) is 23.2. The van der Waals surface area contributed by atoms with Crippen LogP contribution in [0.4, 0.5) is 0 Å². The monoisotopic (exact) mass is 469 g/mol. The Balaban J connectivity index is 0.000000207. The maximum atomic E-state index is 7.72. The minimum absolute atomic E-state index is 0. The minimum Gasteiger partial charge on any atom is -0.590 e. The second-order valence-electron chi connectivity index (χ2n) is 5.84. The van der Waals surface area contributed by atoms with Crippen LogP contribution in [0, 0.1) is 0 Å². The van der Waals surface area contributed by atoms with E-state index in [0.717, 1.165) is 21.8 Å². The fourth-order valence-corrected chi connectivity index (χ4v) is 2.71. The fourth-order valence-electron chi connectivity index (χ4n) is 2.66. The van der Waals surface area contributed by atoms with Gasteiger partial charge in [0, 0.05) is 29.4 Å². The summed E-state index contributed by atoms with van der Waals surface area (Å²) in [7, 11) is 1.51. The average Bonchev–Trinajstić information content (AvgIpc) is 2.75. The summed E-state index contributed by atoms with van der Waals surface area (Å²) in [4.78, 5) is 8.69. The van der Waals surface area contributed by atoms with Gasteiger partial charge in [0.1, 0.15) is 0 Å². The molecule has 0 fully saturated rings. The van der Waals surface area contributed by atoms with Crippen molar-refractivity contribution in [1.82, 2.24) is 9.97 Å². The summed E-state index contributed by atoms with van der Waals surface area (Å²) in [5.74, 6) is 0.749. The van der Waals surface area contributed by atoms with Crippen molar-refractivity contribution in [3.63, 3.8) is 0 Å². The van der Waals surface area contributed by atoms with Crippen LogP contribution in [0.1, 0.15) is 5.56 Å². The molecule has 30 heavy (non-hydrogen) atoms. The molecule has 0 saturated heterocycles. The number of nitrogens with two attached hydrogens (primary N) is 1. The third-order valence-electron chi connectivity index (χ3n) is 3.98. The molecule has 0 aliphatic heterocycles. The van der Waals surface area contributed by atoms with Crippen LogP contribution in [0.2, 0.25) is 0 Å². The number of rotatable bonds is 3. The standard InChI is InChI=1S/C12H8N2.C9H11N3O2S.Cu/c1-3-9-5-6-10-4-2-8-14-12(10)11(9)13-7-1;1-14-7-4-2-3-6(8(7)13)5-11-12-9(10)15;/h1-8H;2-5H,1H3,(H4,10,11,12,13,15);/q;;+2/p+1. The number of para-hydroxylation sites is 1. The Bertz CT molecular complexity index is 1130. The zero-order chi connectivity index (χ0) is 20.6. The molecule has 0 unspecified atom stereocenters. The van der Waals surface area contributed by atoms with E-state index >= 15 is 0 Å². The van der Waals surface area contributed by atoms with E-state index in [0.29, 0.717) is 11.3 Å². The van der Waals surface area contributed by atoms with Crippen LogP contribution < -0.4 is 10.5 Å². The number of ether oxygens (including phenoxy) is 1. The molecule has 0 spiro atoms. The van der Waals surface area contributed by atoms with Gasteiger partial charge in [0.25, 0.3) is 0 Å². The second kappa shape index (κ2) is 11.2. The Labute approximate surface area is 189 Å². The van der Waals surface area contributed by atoms with Gasteiger partial charge in [-0.1, -0.05) is 30.3 Å². The van der Waals surface area contributed by atoms with Crippen LogP contribution in [-0.2, 0) is 29.3 Å². The summed E-state index contributed by atoms with van der Waals surface area (Å²) in [6, 6.07) is 17.3. The topological polar surface area (TPSA) is 110 Å². The van der Waals surface area contributed by atoms with E-state index in [1.807, 2.05) is 12.1 Å². The molecule has 0 aliphatic rings. The van der Waals surface area contributed by atoms with Crippen molar-refractivity contribution in [1.29, 1.82) is 0 Å². The van der Waals surface area contributed by atoms with Gasteiger partial charge in [-0.25, -0.2) is 0 Å². The molecule has 9 heteroatoms. The van der Waals surface area contributed by atoms with E-state index in [9.17, 15) is 0 Å². The van der Waals surface area contributed by atoms with Crippen molar-refractivity contribution in [2.75, 3.05) is 7.11 Å². The Morgan fingerprint density at radius 1 is 1.03 bits per heavy atom. The largest absolute Gasteiger partial charge is 2.00 e. The number of aromatic nitrogens is 2. The molecule has 7 nitrogen and oxygen atoms in total. The van der Waals surface area contributed by atoms with Gasteiger partial charge >= 0.3 is 22.8 Å². The van der Waals surface area contributed by atoms with Gasteiger partial charge in [0.15, 0.2) is 17.3 Å². The van der Waals surface area contributed by atoms with Crippen LogP contribution in [0.15, 0.2) is 72.1 Å². The summed E-state index contributed by atoms with van der Waals surface area (Å²) in [6.45, 7) is 0. The number of thiol groups is 1. The Hall–Kier alpha value is -3.10. The van der Waals surface area contributed by atoms with Crippen molar-refractivity contribution in [3.05, 3.63) is 78.0 Å². The van der Waals surface area contributed by atoms with E-state index in [1.54, 1.807) is 30.6 Å². The molecule has 0 atom stereocenters. The number of fused-ring (bicyclic) bond motifs is 3. The zero-order valence-electron chi connectivity index (χ0n) is 16.0.